The van der Waals surface area contributed by atoms with Crippen LogP contribution in [0.5, 0.6) is 0 Å². The summed E-state index contributed by atoms with van der Waals surface area (Å²) in [5.41, 5.74) is 1.56. The van der Waals surface area contributed by atoms with Crippen molar-refractivity contribution >= 4 is 5.97 Å². The van der Waals surface area contributed by atoms with Gasteiger partial charge >= 0.3 is 5.97 Å². The molecule has 1 N–H and O–H groups in total. The summed E-state index contributed by atoms with van der Waals surface area (Å²) in [7, 11) is 0. The molecule has 0 bridgehead atoms. The molecule has 1 aromatic carbocycles. The third-order valence-corrected chi connectivity index (χ3v) is 3.55. The van der Waals surface area contributed by atoms with Gasteiger partial charge in [0.2, 0.25) is 0 Å². The van der Waals surface area contributed by atoms with Crippen molar-refractivity contribution in [2.45, 2.75) is 26.8 Å². The minimum absolute atomic E-state index is 0.360. The molecule has 1 aromatic rings. The minimum Gasteiger partial charge on any atom is -0.478 e. The van der Waals surface area contributed by atoms with E-state index in [0.717, 1.165) is 31.5 Å². The maximum absolute atomic E-state index is 10.8. The highest BCUT2D eigenvalue weighted by molar-refractivity contribution is 5.87. The Labute approximate surface area is 108 Å². The van der Waals surface area contributed by atoms with Crippen molar-refractivity contribution < 1.29 is 9.90 Å². The van der Waals surface area contributed by atoms with E-state index >= 15 is 0 Å². The predicted octanol–water partition coefficient (Wildman–Crippen LogP) is 2.86. The van der Waals surface area contributed by atoms with Crippen LogP contribution in [0.15, 0.2) is 24.3 Å². The lowest BCUT2D eigenvalue weighted by Gasteiger charge is -2.35. The zero-order chi connectivity index (χ0) is 13.1. The maximum Gasteiger partial charge on any atom is 0.335 e. The second-order valence-corrected chi connectivity index (χ2v) is 5.64. The molecule has 0 spiro atoms. The third kappa shape index (κ3) is 3.33. The standard InChI is InChI=1S/C15H21NO2/c1-11-7-12(2)9-16(8-11)10-13-3-5-14(6-4-13)15(17)18/h3-6,11-12H,7-10H2,1-2H3,(H,17,18)/t11-,12-/m1/s1. The van der Waals surface area contributed by atoms with E-state index in [4.69, 9.17) is 5.11 Å². The number of carboxylic acids is 1. The van der Waals surface area contributed by atoms with Gasteiger partial charge in [0, 0.05) is 19.6 Å². The van der Waals surface area contributed by atoms with Crippen LogP contribution in [-0.2, 0) is 6.54 Å². The lowest BCUT2D eigenvalue weighted by molar-refractivity contribution is 0.0697. The molecular formula is C15H21NO2. The monoisotopic (exact) mass is 247 g/mol. The molecule has 1 aliphatic rings. The molecule has 0 unspecified atom stereocenters. The molecule has 98 valence electrons. The van der Waals surface area contributed by atoms with Gasteiger partial charge in [0.1, 0.15) is 0 Å². The summed E-state index contributed by atoms with van der Waals surface area (Å²) in [5, 5.41) is 8.86. The highest BCUT2D eigenvalue weighted by Gasteiger charge is 2.21. The van der Waals surface area contributed by atoms with Crippen LogP contribution in [0.2, 0.25) is 0 Å². The number of hydrogen-bond donors (Lipinski definition) is 1. The molecule has 1 saturated heterocycles. The predicted molar refractivity (Wildman–Crippen MR) is 71.6 cm³/mol. The topological polar surface area (TPSA) is 40.5 Å². The molecule has 0 aliphatic carbocycles. The number of hydrogen-bond acceptors (Lipinski definition) is 2. The molecule has 0 aromatic heterocycles. The average molecular weight is 247 g/mol. The SMILES string of the molecule is C[C@@H]1C[C@@H](C)CN(Cc2ccc(C(=O)O)cc2)C1. The smallest absolute Gasteiger partial charge is 0.335 e. The molecule has 1 aliphatic heterocycles. The Morgan fingerprint density at radius 3 is 2.28 bits per heavy atom. The summed E-state index contributed by atoms with van der Waals surface area (Å²) in [6.45, 7) is 7.82. The Hall–Kier alpha value is -1.35. The van der Waals surface area contributed by atoms with Crippen LogP contribution in [0.25, 0.3) is 0 Å². The van der Waals surface area contributed by atoms with E-state index in [-0.39, 0.29) is 0 Å². The highest BCUT2D eigenvalue weighted by atomic mass is 16.4. The number of aromatic carboxylic acids is 1. The van der Waals surface area contributed by atoms with Crippen LogP contribution in [0.3, 0.4) is 0 Å². The fourth-order valence-electron chi connectivity index (χ4n) is 2.93. The molecule has 1 fully saturated rings. The Kier molecular flexibility index (Phi) is 4.02. The summed E-state index contributed by atoms with van der Waals surface area (Å²) in [6.07, 6.45) is 1.31. The van der Waals surface area contributed by atoms with Gasteiger partial charge in [-0.3, -0.25) is 4.90 Å². The van der Waals surface area contributed by atoms with Crippen molar-refractivity contribution in [1.29, 1.82) is 0 Å². The van der Waals surface area contributed by atoms with Gasteiger partial charge in [0.05, 0.1) is 5.56 Å². The van der Waals surface area contributed by atoms with Gasteiger partial charge in [-0.2, -0.15) is 0 Å². The summed E-state index contributed by atoms with van der Waals surface area (Å²) < 4.78 is 0. The van der Waals surface area contributed by atoms with Gasteiger partial charge in [0.25, 0.3) is 0 Å². The number of benzene rings is 1. The van der Waals surface area contributed by atoms with Crippen molar-refractivity contribution in [1.82, 2.24) is 4.90 Å². The van der Waals surface area contributed by atoms with Crippen LogP contribution in [0.1, 0.15) is 36.2 Å². The molecule has 3 nitrogen and oxygen atoms in total. The summed E-state index contributed by atoms with van der Waals surface area (Å²) in [5.74, 6) is 0.654. The summed E-state index contributed by atoms with van der Waals surface area (Å²) in [4.78, 5) is 13.2. The third-order valence-electron chi connectivity index (χ3n) is 3.55. The minimum atomic E-state index is -0.859. The number of rotatable bonds is 3. The molecule has 0 amide bonds. The van der Waals surface area contributed by atoms with E-state index < -0.39 is 5.97 Å². The van der Waals surface area contributed by atoms with Gasteiger partial charge in [-0.25, -0.2) is 4.79 Å². The highest BCUT2D eigenvalue weighted by Crippen LogP contribution is 2.22. The number of likely N-dealkylation sites (tertiary alicyclic amines) is 1. The average Bonchev–Trinajstić information content (AvgIpc) is 2.28. The van der Waals surface area contributed by atoms with Gasteiger partial charge in [-0.15, -0.1) is 0 Å². The zero-order valence-corrected chi connectivity index (χ0v) is 11.1. The summed E-state index contributed by atoms with van der Waals surface area (Å²) >= 11 is 0. The largest absolute Gasteiger partial charge is 0.478 e. The molecule has 0 saturated carbocycles. The molecule has 0 radical (unpaired) electrons. The number of carbonyl (C=O) groups is 1. The van der Waals surface area contributed by atoms with Gasteiger partial charge < -0.3 is 5.11 Å². The van der Waals surface area contributed by atoms with Crippen LogP contribution in [0, 0.1) is 11.8 Å². The fourth-order valence-corrected chi connectivity index (χ4v) is 2.93. The van der Waals surface area contributed by atoms with Gasteiger partial charge in [0.15, 0.2) is 0 Å². The molecule has 1 heterocycles. The van der Waals surface area contributed by atoms with Crippen molar-refractivity contribution in [3.8, 4) is 0 Å². The second-order valence-electron chi connectivity index (χ2n) is 5.64. The maximum atomic E-state index is 10.8. The summed E-state index contributed by atoms with van der Waals surface area (Å²) in [6, 6.07) is 7.23. The Morgan fingerprint density at radius 2 is 1.78 bits per heavy atom. The van der Waals surface area contributed by atoms with Crippen LogP contribution in [0.4, 0.5) is 0 Å². The quantitative estimate of drug-likeness (QED) is 0.893. The van der Waals surface area contributed by atoms with Crippen molar-refractivity contribution in [2.75, 3.05) is 13.1 Å². The zero-order valence-electron chi connectivity index (χ0n) is 11.1. The molecule has 18 heavy (non-hydrogen) atoms. The molecule has 2 rings (SSSR count). The van der Waals surface area contributed by atoms with Crippen molar-refractivity contribution in [2.24, 2.45) is 11.8 Å². The number of carboxylic acid groups (broad SMARTS) is 1. The fraction of sp³-hybridized carbons (Fsp3) is 0.533. The van der Waals surface area contributed by atoms with E-state index in [1.54, 1.807) is 12.1 Å². The van der Waals surface area contributed by atoms with Crippen molar-refractivity contribution in [3.63, 3.8) is 0 Å². The van der Waals surface area contributed by atoms with Crippen LogP contribution >= 0.6 is 0 Å². The lowest BCUT2D eigenvalue weighted by Crippen LogP contribution is -2.38. The van der Waals surface area contributed by atoms with Crippen LogP contribution in [-0.4, -0.2) is 29.1 Å². The van der Waals surface area contributed by atoms with Gasteiger partial charge in [-0.1, -0.05) is 26.0 Å². The first-order valence-corrected chi connectivity index (χ1v) is 6.59. The van der Waals surface area contributed by atoms with E-state index in [1.165, 1.54) is 12.0 Å². The normalized spacial score (nSPS) is 25.0. The lowest BCUT2D eigenvalue weighted by atomic mass is 9.91. The number of piperidine rings is 1. The first kappa shape index (κ1) is 13.1. The first-order valence-electron chi connectivity index (χ1n) is 6.59. The Morgan fingerprint density at radius 1 is 1.22 bits per heavy atom. The molecule has 2 atom stereocenters. The second kappa shape index (κ2) is 5.53. The Balaban J connectivity index is 1.98. The van der Waals surface area contributed by atoms with Crippen molar-refractivity contribution in [3.05, 3.63) is 35.4 Å². The van der Waals surface area contributed by atoms with E-state index in [1.807, 2.05) is 12.1 Å². The van der Waals surface area contributed by atoms with E-state index in [9.17, 15) is 4.79 Å². The van der Waals surface area contributed by atoms with E-state index in [2.05, 4.69) is 18.7 Å². The van der Waals surface area contributed by atoms with Gasteiger partial charge in [-0.05, 0) is 36.0 Å². The number of nitrogens with zero attached hydrogens (tertiary/aromatic N) is 1. The Bertz CT molecular complexity index is 403. The van der Waals surface area contributed by atoms with E-state index in [0.29, 0.717) is 5.56 Å². The molecular weight excluding hydrogens is 226 g/mol. The first-order chi connectivity index (χ1) is 8.54. The van der Waals surface area contributed by atoms with Crippen LogP contribution < -0.4 is 0 Å². The molecule has 3 heteroatoms.